The lowest BCUT2D eigenvalue weighted by Gasteiger charge is -2.03. The predicted octanol–water partition coefficient (Wildman–Crippen LogP) is 7.20. The van der Waals surface area contributed by atoms with E-state index in [1.165, 1.54) is 38.5 Å². The SMILES string of the molecule is CC/C=C\C/C=C\C/C=C\CCCCCCCCOCc1ccc(C=O)o1. The maximum absolute atomic E-state index is 10.5. The standard InChI is InChI=1S/C24H36O3/c1-2-3-4-5-6-7-8-9-10-11-12-13-14-15-16-17-20-26-22-24-19-18-23(21-25)27-24/h3-4,6-7,9-10,18-19,21H,2,5,8,11-17,20,22H2,1H3/b4-3-,7-6-,10-9-. The highest BCUT2D eigenvalue weighted by molar-refractivity contribution is 5.70. The van der Waals surface area contributed by atoms with Crippen LogP contribution in [0.15, 0.2) is 53.0 Å². The number of carbonyl (C=O) groups excluding carboxylic acids is 1. The summed E-state index contributed by atoms with van der Waals surface area (Å²) in [5.74, 6) is 1.08. The fraction of sp³-hybridized carbons (Fsp3) is 0.542. The molecule has 1 aromatic heterocycles. The molecule has 0 saturated heterocycles. The second kappa shape index (κ2) is 17.5. The maximum Gasteiger partial charge on any atom is 0.185 e. The minimum absolute atomic E-state index is 0.361. The Morgan fingerprint density at radius 2 is 1.52 bits per heavy atom. The minimum atomic E-state index is 0.361. The van der Waals surface area contributed by atoms with Crippen LogP contribution >= 0.6 is 0 Å². The van der Waals surface area contributed by atoms with Crippen LogP contribution < -0.4 is 0 Å². The monoisotopic (exact) mass is 372 g/mol. The van der Waals surface area contributed by atoms with E-state index in [1.807, 2.05) is 0 Å². The molecule has 0 aromatic carbocycles. The van der Waals surface area contributed by atoms with Gasteiger partial charge in [0.25, 0.3) is 0 Å². The van der Waals surface area contributed by atoms with Gasteiger partial charge in [-0.05, 0) is 50.7 Å². The van der Waals surface area contributed by atoms with E-state index >= 15 is 0 Å². The van der Waals surface area contributed by atoms with Gasteiger partial charge in [0.05, 0.1) is 0 Å². The van der Waals surface area contributed by atoms with Gasteiger partial charge in [0.1, 0.15) is 12.4 Å². The molecule has 1 rings (SSSR count). The molecule has 0 amide bonds. The molecule has 0 radical (unpaired) electrons. The zero-order valence-corrected chi connectivity index (χ0v) is 16.9. The van der Waals surface area contributed by atoms with Crippen molar-refractivity contribution < 1.29 is 13.9 Å². The number of hydrogen-bond acceptors (Lipinski definition) is 3. The molecule has 0 aliphatic carbocycles. The van der Waals surface area contributed by atoms with Crippen molar-refractivity contribution in [2.24, 2.45) is 0 Å². The Balaban J connectivity index is 1.81. The maximum atomic E-state index is 10.5. The molecule has 0 spiro atoms. The van der Waals surface area contributed by atoms with Crippen LogP contribution in [-0.4, -0.2) is 12.9 Å². The summed E-state index contributed by atoms with van der Waals surface area (Å²) in [4.78, 5) is 10.5. The van der Waals surface area contributed by atoms with E-state index in [2.05, 4.69) is 43.4 Å². The average Bonchev–Trinajstić information content (AvgIpc) is 3.15. The van der Waals surface area contributed by atoms with E-state index in [1.54, 1.807) is 12.1 Å². The third-order valence-electron chi connectivity index (χ3n) is 4.23. The quantitative estimate of drug-likeness (QED) is 0.165. The number of hydrogen-bond donors (Lipinski definition) is 0. The fourth-order valence-corrected chi connectivity index (χ4v) is 2.71. The Morgan fingerprint density at radius 1 is 0.852 bits per heavy atom. The topological polar surface area (TPSA) is 39.4 Å². The second-order valence-corrected chi connectivity index (χ2v) is 6.68. The lowest BCUT2D eigenvalue weighted by Crippen LogP contribution is -1.94. The van der Waals surface area contributed by atoms with Crippen molar-refractivity contribution in [3.05, 3.63) is 60.1 Å². The van der Waals surface area contributed by atoms with Gasteiger partial charge < -0.3 is 9.15 Å². The van der Waals surface area contributed by atoms with Crippen molar-refractivity contribution in [2.45, 2.75) is 77.7 Å². The summed E-state index contributed by atoms with van der Waals surface area (Å²) in [7, 11) is 0. The van der Waals surface area contributed by atoms with E-state index in [-0.39, 0.29) is 0 Å². The first-order valence-electron chi connectivity index (χ1n) is 10.4. The van der Waals surface area contributed by atoms with Crippen LogP contribution in [0.1, 0.15) is 87.4 Å². The highest BCUT2D eigenvalue weighted by Crippen LogP contribution is 2.10. The van der Waals surface area contributed by atoms with E-state index in [0.717, 1.165) is 32.3 Å². The molecule has 1 heterocycles. The smallest absolute Gasteiger partial charge is 0.185 e. The van der Waals surface area contributed by atoms with Crippen molar-refractivity contribution in [3.8, 4) is 0 Å². The van der Waals surface area contributed by atoms with Gasteiger partial charge in [-0.3, -0.25) is 4.79 Å². The fourth-order valence-electron chi connectivity index (χ4n) is 2.71. The number of rotatable bonds is 17. The van der Waals surface area contributed by atoms with E-state index < -0.39 is 0 Å². The molecule has 27 heavy (non-hydrogen) atoms. The molecule has 0 unspecified atom stereocenters. The lowest BCUT2D eigenvalue weighted by molar-refractivity contribution is 0.0986. The Kier molecular flexibility index (Phi) is 15.1. The summed E-state index contributed by atoms with van der Waals surface area (Å²) >= 11 is 0. The number of unbranched alkanes of at least 4 members (excludes halogenated alkanes) is 6. The van der Waals surface area contributed by atoms with Crippen LogP contribution in [0.25, 0.3) is 0 Å². The number of ether oxygens (including phenoxy) is 1. The molecule has 3 heteroatoms. The first-order valence-corrected chi connectivity index (χ1v) is 10.4. The highest BCUT2D eigenvalue weighted by Gasteiger charge is 2.00. The Bertz CT molecular complexity index is 552. The Morgan fingerprint density at radius 3 is 2.22 bits per heavy atom. The van der Waals surface area contributed by atoms with E-state index in [9.17, 15) is 4.79 Å². The Labute approximate surface area is 165 Å². The van der Waals surface area contributed by atoms with Crippen LogP contribution in [0.2, 0.25) is 0 Å². The van der Waals surface area contributed by atoms with Crippen LogP contribution in [0.4, 0.5) is 0 Å². The van der Waals surface area contributed by atoms with Crippen molar-refractivity contribution in [2.75, 3.05) is 6.61 Å². The van der Waals surface area contributed by atoms with Gasteiger partial charge in [0.15, 0.2) is 12.0 Å². The third-order valence-corrected chi connectivity index (χ3v) is 4.23. The van der Waals surface area contributed by atoms with Gasteiger partial charge in [0.2, 0.25) is 0 Å². The molecule has 0 aliphatic heterocycles. The van der Waals surface area contributed by atoms with Crippen LogP contribution in [0, 0.1) is 0 Å². The first kappa shape index (κ1) is 23.2. The van der Waals surface area contributed by atoms with Gasteiger partial charge in [0, 0.05) is 6.61 Å². The summed E-state index contributed by atoms with van der Waals surface area (Å²) < 4.78 is 10.8. The van der Waals surface area contributed by atoms with Crippen molar-refractivity contribution in [1.29, 1.82) is 0 Å². The first-order chi connectivity index (χ1) is 13.4. The van der Waals surface area contributed by atoms with Crippen LogP contribution in [-0.2, 0) is 11.3 Å². The molecule has 0 saturated carbocycles. The van der Waals surface area contributed by atoms with E-state index in [0.29, 0.717) is 24.4 Å². The van der Waals surface area contributed by atoms with Gasteiger partial charge in [-0.25, -0.2) is 0 Å². The second-order valence-electron chi connectivity index (χ2n) is 6.68. The molecule has 3 nitrogen and oxygen atoms in total. The normalized spacial score (nSPS) is 12.0. The zero-order valence-electron chi connectivity index (χ0n) is 16.9. The van der Waals surface area contributed by atoms with Gasteiger partial charge in [-0.15, -0.1) is 0 Å². The van der Waals surface area contributed by atoms with Crippen LogP contribution in [0.3, 0.4) is 0 Å². The predicted molar refractivity (Wildman–Crippen MR) is 113 cm³/mol. The Hall–Kier alpha value is -1.87. The van der Waals surface area contributed by atoms with Crippen molar-refractivity contribution in [3.63, 3.8) is 0 Å². The largest absolute Gasteiger partial charge is 0.456 e. The molecule has 0 bridgehead atoms. The van der Waals surface area contributed by atoms with Gasteiger partial charge in [-0.1, -0.05) is 69.1 Å². The number of allylic oxidation sites excluding steroid dienone is 6. The van der Waals surface area contributed by atoms with Crippen LogP contribution in [0.5, 0.6) is 0 Å². The highest BCUT2D eigenvalue weighted by atomic mass is 16.5. The minimum Gasteiger partial charge on any atom is -0.456 e. The van der Waals surface area contributed by atoms with E-state index in [4.69, 9.17) is 9.15 Å². The molecule has 0 atom stereocenters. The number of carbonyl (C=O) groups is 1. The molecular formula is C24H36O3. The van der Waals surface area contributed by atoms with Gasteiger partial charge >= 0.3 is 0 Å². The summed E-state index contributed by atoms with van der Waals surface area (Å²) in [5.41, 5.74) is 0. The third kappa shape index (κ3) is 13.9. The summed E-state index contributed by atoms with van der Waals surface area (Å²) in [6.45, 7) is 3.36. The summed E-state index contributed by atoms with van der Waals surface area (Å²) in [6.07, 6.45) is 26.1. The lowest BCUT2D eigenvalue weighted by atomic mass is 10.1. The molecule has 150 valence electrons. The average molecular weight is 373 g/mol. The molecule has 0 aliphatic rings. The van der Waals surface area contributed by atoms with Crippen molar-refractivity contribution in [1.82, 2.24) is 0 Å². The molecule has 0 N–H and O–H groups in total. The van der Waals surface area contributed by atoms with Gasteiger partial charge in [-0.2, -0.15) is 0 Å². The molecule has 1 aromatic rings. The number of furan rings is 1. The van der Waals surface area contributed by atoms with Crippen molar-refractivity contribution >= 4 is 6.29 Å². The number of aldehydes is 1. The molecule has 0 fully saturated rings. The molecular weight excluding hydrogens is 336 g/mol. The zero-order chi connectivity index (χ0) is 19.4. The summed E-state index contributed by atoms with van der Waals surface area (Å²) in [6, 6.07) is 3.46. The summed E-state index contributed by atoms with van der Waals surface area (Å²) in [5, 5.41) is 0.